The van der Waals surface area contributed by atoms with E-state index in [1.165, 1.54) is 5.56 Å². The average molecular weight is 368 g/mol. The lowest BCUT2D eigenvalue weighted by Gasteiger charge is -2.34. The molecule has 4 rings (SSSR count). The second-order valence-corrected chi connectivity index (χ2v) is 7.50. The molecule has 1 aromatic heterocycles. The van der Waals surface area contributed by atoms with Crippen molar-refractivity contribution in [3.63, 3.8) is 0 Å². The molecule has 0 spiro atoms. The molecular weight excluding hydrogens is 340 g/mol. The first-order chi connectivity index (χ1) is 13.2. The van der Waals surface area contributed by atoms with Crippen molar-refractivity contribution in [1.82, 2.24) is 30.1 Å². The summed E-state index contributed by atoms with van der Waals surface area (Å²) >= 11 is 0. The molecule has 7 nitrogen and oxygen atoms in total. The van der Waals surface area contributed by atoms with Gasteiger partial charge in [-0.25, -0.2) is 4.68 Å². The number of hydrogen-bond acceptors (Lipinski definition) is 5. The SMILES string of the molecule is Cc1c(C(=O)N2CCN(Cc3ccccc3)CC2)nnn1C1CCNCC1. The number of hydrogen-bond donors (Lipinski definition) is 1. The van der Waals surface area contributed by atoms with Gasteiger partial charge in [0, 0.05) is 32.7 Å². The Bertz CT molecular complexity index is 760. The van der Waals surface area contributed by atoms with Gasteiger partial charge >= 0.3 is 0 Å². The highest BCUT2D eigenvalue weighted by molar-refractivity contribution is 5.93. The molecule has 7 heteroatoms. The van der Waals surface area contributed by atoms with E-state index < -0.39 is 0 Å². The first-order valence-corrected chi connectivity index (χ1v) is 9.90. The maximum absolute atomic E-state index is 13.0. The normalized spacial score (nSPS) is 19.4. The zero-order valence-corrected chi connectivity index (χ0v) is 16.0. The molecule has 1 N–H and O–H groups in total. The lowest BCUT2D eigenvalue weighted by molar-refractivity contribution is 0.0622. The summed E-state index contributed by atoms with van der Waals surface area (Å²) in [4.78, 5) is 17.3. The number of carbonyl (C=O) groups excluding carboxylic acids is 1. The molecule has 2 saturated heterocycles. The molecule has 2 aliphatic heterocycles. The van der Waals surface area contributed by atoms with Gasteiger partial charge in [-0.1, -0.05) is 35.5 Å². The van der Waals surface area contributed by atoms with Crippen LogP contribution in [0.1, 0.15) is 40.6 Å². The molecule has 27 heavy (non-hydrogen) atoms. The van der Waals surface area contributed by atoms with E-state index in [1.807, 2.05) is 22.6 Å². The number of benzene rings is 1. The Labute approximate surface area is 160 Å². The predicted octanol–water partition coefficient (Wildman–Crippen LogP) is 1.47. The van der Waals surface area contributed by atoms with Crippen molar-refractivity contribution in [2.45, 2.75) is 32.4 Å². The van der Waals surface area contributed by atoms with Crippen LogP contribution in [0.15, 0.2) is 30.3 Å². The van der Waals surface area contributed by atoms with Crippen molar-refractivity contribution in [1.29, 1.82) is 0 Å². The first kappa shape index (κ1) is 18.1. The van der Waals surface area contributed by atoms with Crippen molar-refractivity contribution in [2.75, 3.05) is 39.3 Å². The van der Waals surface area contributed by atoms with Crippen LogP contribution < -0.4 is 5.32 Å². The number of piperidine rings is 1. The summed E-state index contributed by atoms with van der Waals surface area (Å²) in [5.41, 5.74) is 2.74. The molecule has 2 aromatic rings. The maximum Gasteiger partial charge on any atom is 0.276 e. The van der Waals surface area contributed by atoms with Crippen molar-refractivity contribution < 1.29 is 4.79 Å². The van der Waals surface area contributed by atoms with Crippen LogP contribution in [0.4, 0.5) is 0 Å². The molecule has 0 saturated carbocycles. The third-order valence-electron chi connectivity index (χ3n) is 5.69. The smallest absolute Gasteiger partial charge is 0.276 e. The minimum Gasteiger partial charge on any atom is -0.335 e. The van der Waals surface area contributed by atoms with E-state index in [1.54, 1.807) is 0 Å². The van der Waals surface area contributed by atoms with E-state index in [-0.39, 0.29) is 5.91 Å². The fraction of sp³-hybridized carbons (Fsp3) is 0.550. The molecule has 0 aliphatic carbocycles. The number of nitrogens with one attached hydrogen (secondary N) is 1. The summed E-state index contributed by atoms with van der Waals surface area (Å²) in [6.45, 7) is 8.17. The van der Waals surface area contributed by atoms with Crippen LogP contribution in [0.25, 0.3) is 0 Å². The van der Waals surface area contributed by atoms with E-state index in [0.29, 0.717) is 11.7 Å². The Morgan fingerprint density at radius 1 is 1.11 bits per heavy atom. The van der Waals surface area contributed by atoms with E-state index in [2.05, 4.69) is 44.8 Å². The van der Waals surface area contributed by atoms with Gasteiger partial charge in [-0.05, 0) is 38.4 Å². The summed E-state index contributed by atoms with van der Waals surface area (Å²) in [5.74, 6) is 0.0204. The van der Waals surface area contributed by atoms with Gasteiger partial charge in [0.25, 0.3) is 5.91 Å². The van der Waals surface area contributed by atoms with Gasteiger partial charge in [0.05, 0.1) is 11.7 Å². The van der Waals surface area contributed by atoms with Crippen LogP contribution in [0.5, 0.6) is 0 Å². The molecule has 3 heterocycles. The third kappa shape index (κ3) is 4.04. The summed E-state index contributed by atoms with van der Waals surface area (Å²) in [5, 5.41) is 11.9. The Hall–Kier alpha value is -2.25. The number of carbonyl (C=O) groups is 1. The standard InChI is InChI=1S/C20H28N6O/c1-16-19(22-23-26(16)18-7-9-21-10-8-18)20(27)25-13-11-24(12-14-25)15-17-5-3-2-4-6-17/h2-6,18,21H,7-15H2,1H3. The van der Waals surface area contributed by atoms with Crippen molar-refractivity contribution in [3.8, 4) is 0 Å². The van der Waals surface area contributed by atoms with Gasteiger partial charge in [-0.2, -0.15) is 0 Å². The van der Waals surface area contributed by atoms with E-state index in [4.69, 9.17) is 0 Å². The fourth-order valence-electron chi connectivity index (χ4n) is 4.04. The summed E-state index contributed by atoms with van der Waals surface area (Å²) in [6.07, 6.45) is 2.08. The van der Waals surface area contributed by atoms with Crippen LogP contribution in [0, 0.1) is 6.92 Å². The van der Waals surface area contributed by atoms with Crippen molar-refractivity contribution in [3.05, 3.63) is 47.3 Å². The highest BCUT2D eigenvalue weighted by Crippen LogP contribution is 2.21. The number of nitrogens with zero attached hydrogens (tertiary/aromatic N) is 5. The van der Waals surface area contributed by atoms with Gasteiger partial charge in [-0.3, -0.25) is 9.69 Å². The van der Waals surface area contributed by atoms with E-state index in [0.717, 1.165) is 64.3 Å². The third-order valence-corrected chi connectivity index (χ3v) is 5.69. The molecular formula is C20H28N6O. The van der Waals surface area contributed by atoms with Gasteiger partial charge in [-0.15, -0.1) is 5.10 Å². The number of aromatic nitrogens is 3. The van der Waals surface area contributed by atoms with Gasteiger partial charge in [0.1, 0.15) is 0 Å². The minimum atomic E-state index is 0.0204. The maximum atomic E-state index is 13.0. The predicted molar refractivity (Wildman–Crippen MR) is 104 cm³/mol. The topological polar surface area (TPSA) is 66.3 Å². The molecule has 0 atom stereocenters. The molecule has 2 fully saturated rings. The summed E-state index contributed by atoms with van der Waals surface area (Å²) in [7, 11) is 0. The molecule has 0 unspecified atom stereocenters. The van der Waals surface area contributed by atoms with Gasteiger partial charge in [0.15, 0.2) is 5.69 Å². The second kappa shape index (κ2) is 8.19. The highest BCUT2D eigenvalue weighted by atomic mass is 16.2. The molecule has 0 radical (unpaired) electrons. The summed E-state index contributed by atoms with van der Waals surface area (Å²) < 4.78 is 1.96. The average Bonchev–Trinajstić information content (AvgIpc) is 3.11. The first-order valence-electron chi connectivity index (χ1n) is 9.90. The van der Waals surface area contributed by atoms with Crippen LogP contribution >= 0.6 is 0 Å². The Morgan fingerprint density at radius 3 is 2.52 bits per heavy atom. The number of rotatable bonds is 4. The lowest BCUT2D eigenvalue weighted by Crippen LogP contribution is -2.48. The Balaban J connectivity index is 1.36. The number of amides is 1. The fourth-order valence-corrected chi connectivity index (χ4v) is 4.04. The van der Waals surface area contributed by atoms with E-state index in [9.17, 15) is 4.79 Å². The lowest BCUT2D eigenvalue weighted by atomic mass is 10.1. The van der Waals surface area contributed by atoms with Crippen LogP contribution in [0.2, 0.25) is 0 Å². The summed E-state index contributed by atoms with van der Waals surface area (Å²) in [6, 6.07) is 10.8. The zero-order valence-electron chi connectivity index (χ0n) is 16.0. The quantitative estimate of drug-likeness (QED) is 0.885. The van der Waals surface area contributed by atoms with Crippen LogP contribution in [-0.2, 0) is 6.54 Å². The van der Waals surface area contributed by atoms with Crippen molar-refractivity contribution in [2.24, 2.45) is 0 Å². The second-order valence-electron chi connectivity index (χ2n) is 7.50. The van der Waals surface area contributed by atoms with Gasteiger partial charge in [0.2, 0.25) is 0 Å². The molecule has 1 aromatic carbocycles. The van der Waals surface area contributed by atoms with Crippen LogP contribution in [-0.4, -0.2) is 70.0 Å². The van der Waals surface area contributed by atoms with Crippen LogP contribution in [0.3, 0.4) is 0 Å². The largest absolute Gasteiger partial charge is 0.335 e. The van der Waals surface area contributed by atoms with Gasteiger partial charge < -0.3 is 10.2 Å². The monoisotopic (exact) mass is 368 g/mol. The molecule has 2 aliphatic rings. The molecule has 144 valence electrons. The number of piperazine rings is 1. The Morgan fingerprint density at radius 2 is 1.81 bits per heavy atom. The molecule has 0 bridgehead atoms. The van der Waals surface area contributed by atoms with E-state index >= 15 is 0 Å². The van der Waals surface area contributed by atoms with Crippen molar-refractivity contribution >= 4 is 5.91 Å². The zero-order chi connectivity index (χ0) is 18.6. The highest BCUT2D eigenvalue weighted by Gasteiger charge is 2.28. The molecule has 1 amide bonds. The minimum absolute atomic E-state index is 0.0204. The Kier molecular flexibility index (Phi) is 5.50.